The van der Waals surface area contributed by atoms with Crippen LogP contribution in [0.25, 0.3) is 0 Å². The molecule has 2 fully saturated rings. The number of rotatable bonds is 5. The lowest BCUT2D eigenvalue weighted by molar-refractivity contribution is 0.374. The molecule has 1 aromatic carbocycles. The molecule has 0 unspecified atom stereocenters. The van der Waals surface area contributed by atoms with Crippen molar-refractivity contribution in [2.24, 2.45) is 18.9 Å². The average molecular weight is 444 g/mol. The number of benzene rings is 1. The van der Waals surface area contributed by atoms with Gasteiger partial charge in [-0.2, -0.15) is 4.98 Å². The molecule has 1 saturated carbocycles. The summed E-state index contributed by atoms with van der Waals surface area (Å²) >= 11 is 5.91. The molecule has 1 aliphatic heterocycles. The summed E-state index contributed by atoms with van der Waals surface area (Å²) in [5, 5.41) is 8.21. The van der Waals surface area contributed by atoms with Crippen LogP contribution in [0, 0.1) is 24.6 Å². The van der Waals surface area contributed by atoms with Crippen LogP contribution in [0.3, 0.4) is 0 Å². The Kier molecular flexibility index (Phi) is 5.13. The molecule has 3 heterocycles. The molecule has 0 spiro atoms. The highest BCUT2D eigenvalue weighted by molar-refractivity contribution is 6.30. The van der Waals surface area contributed by atoms with Crippen molar-refractivity contribution in [2.45, 2.75) is 25.8 Å². The van der Waals surface area contributed by atoms with Gasteiger partial charge in [-0.3, -0.25) is 0 Å². The van der Waals surface area contributed by atoms with Crippen LogP contribution < -0.4 is 15.0 Å². The van der Waals surface area contributed by atoms with Gasteiger partial charge in [0.2, 0.25) is 5.95 Å². The van der Waals surface area contributed by atoms with Crippen LogP contribution in [-0.4, -0.2) is 43.9 Å². The van der Waals surface area contributed by atoms with E-state index in [9.17, 15) is 4.39 Å². The highest BCUT2D eigenvalue weighted by Gasteiger charge is 2.43. The first-order valence-electron chi connectivity index (χ1n) is 10.3. The highest BCUT2D eigenvalue weighted by atomic mass is 35.5. The molecule has 10 heteroatoms. The van der Waals surface area contributed by atoms with Crippen molar-refractivity contribution < 1.29 is 9.13 Å². The minimum atomic E-state index is -0.467. The Morgan fingerprint density at radius 3 is 2.61 bits per heavy atom. The van der Waals surface area contributed by atoms with E-state index >= 15 is 0 Å². The maximum atomic E-state index is 13.6. The second kappa shape index (κ2) is 7.96. The minimum absolute atomic E-state index is 0.262. The first kappa shape index (κ1) is 20.0. The Balaban J connectivity index is 1.28. The highest BCUT2D eigenvalue weighted by Crippen LogP contribution is 2.39. The lowest BCUT2D eigenvalue weighted by Gasteiger charge is -2.38. The number of aromatic nitrogens is 5. The molecule has 2 aliphatic rings. The molecule has 2 bridgehead atoms. The summed E-state index contributed by atoms with van der Waals surface area (Å²) in [7, 11) is 1.74. The van der Waals surface area contributed by atoms with Gasteiger partial charge in [0.25, 0.3) is 0 Å². The first-order valence-corrected chi connectivity index (χ1v) is 10.7. The summed E-state index contributed by atoms with van der Waals surface area (Å²) in [5.74, 6) is 2.26. The lowest BCUT2D eigenvalue weighted by atomic mass is 9.92. The number of anilines is 2. The Morgan fingerprint density at radius 2 is 1.90 bits per heavy atom. The van der Waals surface area contributed by atoms with Crippen LogP contribution in [0.4, 0.5) is 16.2 Å². The van der Waals surface area contributed by atoms with Crippen LogP contribution in [-0.2, 0) is 7.05 Å². The van der Waals surface area contributed by atoms with Crippen molar-refractivity contribution in [3.05, 3.63) is 47.1 Å². The third-order valence-electron chi connectivity index (χ3n) is 6.01. The largest absolute Gasteiger partial charge is 0.424 e. The van der Waals surface area contributed by atoms with Gasteiger partial charge in [-0.05, 0) is 43.7 Å². The van der Waals surface area contributed by atoms with Crippen molar-refractivity contribution >= 4 is 23.4 Å². The summed E-state index contributed by atoms with van der Waals surface area (Å²) in [6, 6.07) is 6.62. The zero-order valence-electron chi connectivity index (χ0n) is 17.3. The lowest BCUT2D eigenvalue weighted by Crippen LogP contribution is -2.48. The minimum Gasteiger partial charge on any atom is -0.424 e. The van der Waals surface area contributed by atoms with E-state index < -0.39 is 5.82 Å². The molecule has 3 atom stereocenters. The van der Waals surface area contributed by atoms with Crippen LogP contribution >= 0.6 is 11.6 Å². The van der Waals surface area contributed by atoms with Gasteiger partial charge in [-0.1, -0.05) is 11.6 Å². The fourth-order valence-corrected chi connectivity index (χ4v) is 4.83. The van der Waals surface area contributed by atoms with E-state index in [-0.39, 0.29) is 22.8 Å². The SMILES string of the molecule is Cc1cc(N2C[C@H]3CC[C@@H](C2)[C@H]3Nc2nc(Oc3cc(F)cc(Cl)c3)n(C)n2)ncn1. The average Bonchev–Trinajstić information content (AvgIpc) is 3.15. The van der Waals surface area contributed by atoms with Crippen molar-refractivity contribution in [3.8, 4) is 11.8 Å². The van der Waals surface area contributed by atoms with Gasteiger partial charge in [-0.25, -0.2) is 19.0 Å². The summed E-state index contributed by atoms with van der Waals surface area (Å²) in [6.45, 7) is 3.85. The molecule has 1 aliphatic carbocycles. The molecular weight excluding hydrogens is 421 g/mol. The third-order valence-corrected chi connectivity index (χ3v) is 6.23. The molecule has 0 radical (unpaired) electrons. The summed E-state index contributed by atoms with van der Waals surface area (Å²) in [5.41, 5.74) is 0.974. The predicted molar refractivity (Wildman–Crippen MR) is 115 cm³/mol. The fraction of sp³-hybridized carbons (Fsp3) is 0.429. The molecule has 8 nitrogen and oxygen atoms in total. The second-order valence-corrected chi connectivity index (χ2v) is 8.68. The number of piperidine rings is 1. The number of nitrogens with one attached hydrogen (secondary N) is 1. The van der Waals surface area contributed by atoms with Gasteiger partial charge >= 0.3 is 6.01 Å². The van der Waals surface area contributed by atoms with Crippen molar-refractivity contribution in [1.29, 1.82) is 0 Å². The topological polar surface area (TPSA) is 81.0 Å². The van der Waals surface area contributed by atoms with E-state index in [1.165, 1.54) is 22.9 Å². The van der Waals surface area contributed by atoms with Gasteiger partial charge < -0.3 is 15.0 Å². The number of aryl methyl sites for hydroxylation is 2. The van der Waals surface area contributed by atoms with Gasteiger partial charge in [-0.15, -0.1) is 5.10 Å². The van der Waals surface area contributed by atoms with Gasteiger partial charge in [0.1, 0.15) is 23.7 Å². The Labute approximate surface area is 184 Å². The standard InChI is InChI=1S/C21H23ClFN7O/c1-12-5-18(25-11-24-12)30-9-13-3-4-14(10-30)19(13)26-20-27-21(29(2)28-20)31-17-7-15(22)6-16(23)8-17/h5-8,11,13-14,19H,3-4,9-10H2,1-2H3,(H,26,28)/t13-,14+,19+. The van der Waals surface area contributed by atoms with E-state index in [1.54, 1.807) is 13.4 Å². The number of ether oxygens (including phenoxy) is 1. The smallest absolute Gasteiger partial charge is 0.321 e. The molecule has 3 aromatic rings. The number of nitrogens with zero attached hydrogens (tertiary/aromatic N) is 6. The molecule has 1 N–H and O–H groups in total. The van der Waals surface area contributed by atoms with Gasteiger partial charge in [0.15, 0.2) is 0 Å². The molecule has 1 saturated heterocycles. The quantitative estimate of drug-likeness (QED) is 0.641. The van der Waals surface area contributed by atoms with Crippen molar-refractivity contribution in [2.75, 3.05) is 23.3 Å². The fourth-order valence-electron chi connectivity index (χ4n) is 4.62. The predicted octanol–water partition coefficient (Wildman–Crippen LogP) is 3.83. The van der Waals surface area contributed by atoms with Crippen molar-refractivity contribution in [3.63, 3.8) is 0 Å². The monoisotopic (exact) mass is 443 g/mol. The van der Waals surface area contributed by atoms with Gasteiger partial charge in [0, 0.05) is 49.0 Å². The van der Waals surface area contributed by atoms with E-state index in [4.69, 9.17) is 16.3 Å². The number of hydrogen-bond donors (Lipinski definition) is 1. The summed E-state index contributed by atoms with van der Waals surface area (Å²) < 4.78 is 20.8. The molecule has 0 amide bonds. The summed E-state index contributed by atoms with van der Waals surface area (Å²) in [6.07, 6.45) is 3.93. The van der Waals surface area contributed by atoms with Gasteiger partial charge in [0.05, 0.1) is 0 Å². The van der Waals surface area contributed by atoms with Crippen LogP contribution in [0.2, 0.25) is 5.02 Å². The number of halogens is 2. The number of fused-ring (bicyclic) bond motifs is 2. The third kappa shape index (κ3) is 4.14. The Hall–Kier alpha value is -2.94. The van der Waals surface area contributed by atoms with E-state index in [0.717, 1.165) is 37.4 Å². The first-order chi connectivity index (χ1) is 14.9. The normalized spacial score (nSPS) is 22.6. The van der Waals surface area contributed by atoms with Crippen LogP contribution in [0.15, 0.2) is 30.6 Å². The van der Waals surface area contributed by atoms with E-state index in [0.29, 0.717) is 17.8 Å². The zero-order chi connectivity index (χ0) is 21.5. The summed E-state index contributed by atoms with van der Waals surface area (Å²) in [4.78, 5) is 15.5. The molecule has 31 heavy (non-hydrogen) atoms. The Bertz CT molecular complexity index is 1070. The molecule has 162 valence electrons. The molecule has 2 aromatic heterocycles. The second-order valence-electron chi connectivity index (χ2n) is 8.24. The maximum Gasteiger partial charge on any atom is 0.321 e. The zero-order valence-corrected chi connectivity index (χ0v) is 18.1. The van der Waals surface area contributed by atoms with Crippen LogP contribution in [0.5, 0.6) is 11.8 Å². The van der Waals surface area contributed by atoms with Crippen molar-refractivity contribution in [1.82, 2.24) is 24.7 Å². The number of hydrogen-bond acceptors (Lipinski definition) is 7. The maximum absolute atomic E-state index is 13.6. The molecule has 5 rings (SSSR count). The van der Waals surface area contributed by atoms with E-state index in [2.05, 4.69) is 30.3 Å². The Morgan fingerprint density at radius 1 is 1.13 bits per heavy atom. The molecular formula is C21H23ClFN7O. The van der Waals surface area contributed by atoms with Crippen LogP contribution in [0.1, 0.15) is 18.5 Å². The van der Waals surface area contributed by atoms with E-state index in [1.807, 2.05) is 13.0 Å².